The number of fused-ring (bicyclic) bond motifs is 1. The van der Waals surface area contributed by atoms with E-state index in [2.05, 4.69) is 6.92 Å². The van der Waals surface area contributed by atoms with Crippen LogP contribution < -0.4 is 0 Å². The van der Waals surface area contributed by atoms with Crippen LogP contribution >= 0.6 is 0 Å². The minimum atomic E-state index is -0.151. The SMILES string of the molecule is CC1(N2CCC(=O)N3CCCC3C2=O)CCC1. The molecule has 17 heavy (non-hydrogen) atoms. The summed E-state index contributed by atoms with van der Waals surface area (Å²) in [4.78, 5) is 28.3. The lowest BCUT2D eigenvalue weighted by Crippen LogP contribution is -2.57. The Balaban J connectivity index is 1.86. The van der Waals surface area contributed by atoms with Gasteiger partial charge in [-0.1, -0.05) is 0 Å². The van der Waals surface area contributed by atoms with Gasteiger partial charge in [-0.15, -0.1) is 0 Å². The van der Waals surface area contributed by atoms with Crippen molar-refractivity contribution in [2.75, 3.05) is 13.1 Å². The molecule has 0 spiro atoms. The maximum atomic E-state index is 12.5. The Morgan fingerprint density at radius 3 is 2.59 bits per heavy atom. The van der Waals surface area contributed by atoms with Crippen molar-refractivity contribution in [3.05, 3.63) is 0 Å². The lowest BCUT2D eigenvalue weighted by molar-refractivity contribution is -0.145. The van der Waals surface area contributed by atoms with E-state index < -0.39 is 0 Å². The van der Waals surface area contributed by atoms with Crippen LogP contribution in [0.3, 0.4) is 0 Å². The number of carbonyl (C=O) groups excluding carboxylic acids is 2. The fraction of sp³-hybridized carbons (Fsp3) is 0.846. The topological polar surface area (TPSA) is 40.6 Å². The molecule has 3 aliphatic rings. The summed E-state index contributed by atoms with van der Waals surface area (Å²) < 4.78 is 0. The predicted molar refractivity (Wildman–Crippen MR) is 63.3 cm³/mol. The lowest BCUT2D eigenvalue weighted by Gasteiger charge is -2.48. The molecule has 1 unspecified atom stereocenters. The average Bonchev–Trinajstić information content (AvgIpc) is 2.71. The van der Waals surface area contributed by atoms with Crippen molar-refractivity contribution in [2.24, 2.45) is 0 Å². The van der Waals surface area contributed by atoms with Gasteiger partial charge in [0.25, 0.3) is 0 Å². The summed E-state index contributed by atoms with van der Waals surface area (Å²) in [6.45, 7) is 3.57. The second kappa shape index (κ2) is 3.72. The van der Waals surface area contributed by atoms with Gasteiger partial charge in [0.2, 0.25) is 11.8 Å². The molecule has 0 radical (unpaired) electrons. The highest BCUT2D eigenvalue weighted by atomic mass is 16.2. The third-order valence-corrected chi connectivity index (χ3v) is 4.76. The van der Waals surface area contributed by atoms with Gasteiger partial charge < -0.3 is 9.80 Å². The predicted octanol–water partition coefficient (Wildman–Crippen LogP) is 1.15. The van der Waals surface area contributed by atoms with Crippen LogP contribution in [0.1, 0.15) is 45.4 Å². The highest BCUT2D eigenvalue weighted by molar-refractivity contribution is 5.91. The molecule has 3 fully saturated rings. The molecular weight excluding hydrogens is 216 g/mol. The van der Waals surface area contributed by atoms with Crippen LogP contribution in [-0.4, -0.2) is 46.3 Å². The summed E-state index contributed by atoms with van der Waals surface area (Å²) in [6, 6.07) is -0.151. The molecule has 0 bridgehead atoms. The minimum Gasteiger partial charge on any atom is -0.335 e. The van der Waals surface area contributed by atoms with Crippen LogP contribution in [0.5, 0.6) is 0 Å². The molecule has 0 aromatic heterocycles. The van der Waals surface area contributed by atoms with E-state index >= 15 is 0 Å². The second-order valence-corrected chi connectivity index (χ2v) is 5.84. The van der Waals surface area contributed by atoms with Crippen LogP contribution in [0.15, 0.2) is 0 Å². The number of nitrogens with zero attached hydrogens (tertiary/aromatic N) is 2. The maximum Gasteiger partial charge on any atom is 0.245 e. The van der Waals surface area contributed by atoms with Crippen molar-refractivity contribution in [3.63, 3.8) is 0 Å². The van der Waals surface area contributed by atoms with Crippen LogP contribution in [0.2, 0.25) is 0 Å². The molecule has 2 amide bonds. The maximum absolute atomic E-state index is 12.5. The van der Waals surface area contributed by atoms with E-state index in [9.17, 15) is 9.59 Å². The Morgan fingerprint density at radius 2 is 1.94 bits per heavy atom. The molecule has 2 saturated heterocycles. The standard InChI is InChI=1S/C13H20N2O2/c1-13(6-3-7-13)15-9-5-11(16)14-8-2-4-10(14)12(15)17/h10H,2-9H2,1H3. The van der Waals surface area contributed by atoms with Gasteiger partial charge in [-0.05, 0) is 39.0 Å². The van der Waals surface area contributed by atoms with E-state index in [4.69, 9.17) is 0 Å². The van der Waals surface area contributed by atoms with Crippen LogP contribution in [0, 0.1) is 0 Å². The molecule has 0 N–H and O–H groups in total. The summed E-state index contributed by atoms with van der Waals surface area (Å²) in [5, 5.41) is 0. The summed E-state index contributed by atoms with van der Waals surface area (Å²) in [5.74, 6) is 0.377. The summed E-state index contributed by atoms with van der Waals surface area (Å²) in [7, 11) is 0. The van der Waals surface area contributed by atoms with Gasteiger partial charge in [-0.3, -0.25) is 9.59 Å². The minimum absolute atomic E-state index is 0.0377. The zero-order valence-corrected chi connectivity index (χ0v) is 10.4. The molecule has 1 saturated carbocycles. The first kappa shape index (κ1) is 11.1. The quantitative estimate of drug-likeness (QED) is 0.685. The lowest BCUT2D eigenvalue weighted by atomic mass is 9.76. The Hall–Kier alpha value is -1.06. The zero-order valence-electron chi connectivity index (χ0n) is 10.4. The van der Waals surface area contributed by atoms with E-state index in [0.717, 1.165) is 32.2 Å². The van der Waals surface area contributed by atoms with Gasteiger partial charge in [0.05, 0.1) is 0 Å². The number of hydrogen-bond donors (Lipinski definition) is 0. The van der Waals surface area contributed by atoms with Gasteiger partial charge in [0, 0.05) is 25.0 Å². The largest absolute Gasteiger partial charge is 0.335 e. The summed E-state index contributed by atoms with van der Waals surface area (Å²) >= 11 is 0. The fourth-order valence-electron chi connectivity index (χ4n) is 3.46. The van der Waals surface area contributed by atoms with Crippen molar-refractivity contribution in [1.82, 2.24) is 9.80 Å². The number of carbonyl (C=O) groups is 2. The Labute approximate surface area is 102 Å². The zero-order chi connectivity index (χ0) is 12.0. The van der Waals surface area contributed by atoms with Crippen LogP contribution in [0.4, 0.5) is 0 Å². The third kappa shape index (κ3) is 1.57. The van der Waals surface area contributed by atoms with Crippen molar-refractivity contribution >= 4 is 11.8 Å². The molecule has 1 aliphatic carbocycles. The van der Waals surface area contributed by atoms with Gasteiger partial charge in [-0.2, -0.15) is 0 Å². The summed E-state index contributed by atoms with van der Waals surface area (Å²) in [6.07, 6.45) is 5.75. The molecule has 4 heteroatoms. The smallest absolute Gasteiger partial charge is 0.245 e. The molecular formula is C13H20N2O2. The highest BCUT2D eigenvalue weighted by Crippen LogP contribution is 2.39. The summed E-state index contributed by atoms with van der Waals surface area (Å²) in [5.41, 5.74) is 0.0377. The third-order valence-electron chi connectivity index (χ3n) is 4.76. The Bertz CT molecular complexity index is 362. The molecule has 1 atom stereocenters. The van der Waals surface area contributed by atoms with E-state index in [1.165, 1.54) is 6.42 Å². The van der Waals surface area contributed by atoms with E-state index in [1.807, 2.05) is 9.80 Å². The van der Waals surface area contributed by atoms with Crippen molar-refractivity contribution in [2.45, 2.75) is 57.0 Å². The fourth-order valence-corrected chi connectivity index (χ4v) is 3.46. The van der Waals surface area contributed by atoms with Crippen LogP contribution in [-0.2, 0) is 9.59 Å². The Kier molecular flexibility index (Phi) is 2.42. The number of hydrogen-bond acceptors (Lipinski definition) is 2. The Morgan fingerprint density at radius 1 is 1.18 bits per heavy atom. The van der Waals surface area contributed by atoms with Gasteiger partial charge in [0.1, 0.15) is 6.04 Å². The molecule has 2 aliphatic heterocycles. The van der Waals surface area contributed by atoms with Gasteiger partial charge >= 0.3 is 0 Å². The monoisotopic (exact) mass is 236 g/mol. The second-order valence-electron chi connectivity index (χ2n) is 5.84. The molecule has 0 aromatic rings. The number of amides is 2. The average molecular weight is 236 g/mol. The molecule has 3 rings (SSSR count). The van der Waals surface area contributed by atoms with Gasteiger partial charge in [0.15, 0.2) is 0 Å². The molecule has 0 aromatic carbocycles. The first-order valence-electron chi connectivity index (χ1n) is 6.73. The van der Waals surface area contributed by atoms with Crippen molar-refractivity contribution in [1.29, 1.82) is 0 Å². The first-order valence-corrected chi connectivity index (χ1v) is 6.73. The van der Waals surface area contributed by atoms with E-state index in [0.29, 0.717) is 13.0 Å². The van der Waals surface area contributed by atoms with Crippen molar-refractivity contribution < 1.29 is 9.59 Å². The van der Waals surface area contributed by atoms with E-state index in [1.54, 1.807) is 0 Å². The molecule has 94 valence electrons. The van der Waals surface area contributed by atoms with Crippen LogP contribution in [0.25, 0.3) is 0 Å². The first-order chi connectivity index (χ1) is 8.12. The highest BCUT2D eigenvalue weighted by Gasteiger charge is 2.47. The number of rotatable bonds is 1. The molecule has 2 heterocycles. The normalized spacial score (nSPS) is 32.2. The van der Waals surface area contributed by atoms with E-state index in [-0.39, 0.29) is 23.4 Å². The van der Waals surface area contributed by atoms with Crippen molar-refractivity contribution in [3.8, 4) is 0 Å². The van der Waals surface area contributed by atoms with Gasteiger partial charge in [-0.25, -0.2) is 0 Å². The molecule has 4 nitrogen and oxygen atoms in total.